The highest BCUT2D eigenvalue weighted by Crippen LogP contribution is 2.41. The molecular weight excluding hydrogens is 502 g/mol. The van der Waals surface area contributed by atoms with Crippen molar-refractivity contribution >= 4 is 11.7 Å². The smallest absolute Gasteiger partial charge is 0.254 e. The molecule has 9 heteroatoms. The van der Waals surface area contributed by atoms with Gasteiger partial charge < -0.3 is 30.9 Å². The van der Waals surface area contributed by atoms with Crippen LogP contribution < -0.4 is 21.1 Å². The summed E-state index contributed by atoms with van der Waals surface area (Å²) in [5.41, 5.74) is 9.36. The molecule has 3 aromatic rings. The van der Waals surface area contributed by atoms with Gasteiger partial charge in [-0.1, -0.05) is 18.2 Å². The third kappa shape index (κ3) is 4.79. The van der Waals surface area contributed by atoms with Crippen molar-refractivity contribution in [3.63, 3.8) is 0 Å². The van der Waals surface area contributed by atoms with E-state index in [0.29, 0.717) is 17.2 Å². The van der Waals surface area contributed by atoms with E-state index in [9.17, 15) is 4.79 Å². The van der Waals surface area contributed by atoms with E-state index in [4.69, 9.17) is 15.6 Å². The number of fused-ring (bicyclic) bond motifs is 1. The Morgan fingerprint density at radius 2 is 1.73 bits per heavy atom. The first-order valence-corrected chi connectivity index (χ1v) is 14.5. The second-order valence-corrected chi connectivity index (χ2v) is 11.5. The number of ether oxygens (including phenoxy) is 1. The number of para-hydroxylation sites is 1. The van der Waals surface area contributed by atoms with Crippen LogP contribution in [0, 0.1) is 11.8 Å². The van der Waals surface area contributed by atoms with Gasteiger partial charge in [-0.05, 0) is 61.6 Å². The summed E-state index contributed by atoms with van der Waals surface area (Å²) < 4.78 is 8.01. The molecule has 0 unspecified atom stereocenters. The second-order valence-electron chi connectivity index (χ2n) is 11.5. The number of primary amides is 1. The number of nitrogens with two attached hydrogens (primary N) is 1. The molecule has 0 saturated carbocycles. The molecule has 0 spiro atoms. The minimum Gasteiger partial charge on any atom is -0.457 e. The van der Waals surface area contributed by atoms with Crippen molar-refractivity contribution in [1.29, 1.82) is 0 Å². The van der Waals surface area contributed by atoms with Gasteiger partial charge in [0.1, 0.15) is 28.6 Å². The molecule has 1 amide bonds. The fraction of sp³-hybridized carbons (Fsp3) is 0.419. The summed E-state index contributed by atoms with van der Waals surface area (Å²) >= 11 is 0. The van der Waals surface area contributed by atoms with Gasteiger partial charge in [-0.25, -0.2) is 4.68 Å². The SMILES string of the molecule is NC(=O)c1c(-c2ccc(Oc3ccccc3)cc2)nn2c1NCC[C@H]2C1CCN(C2=CN(CC3CNC3)C2)CC1. The Balaban J connectivity index is 1.06. The number of carbonyl (C=O) groups is 1. The fourth-order valence-electron chi connectivity index (χ4n) is 6.55. The van der Waals surface area contributed by atoms with Gasteiger partial charge in [0.15, 0.2) is 0 Å². The molecule has 7 rings (SSSR count). The zero-order valence-electron chi connectivity index (χ0n) is 22.8. The van der Waals surface area contributed by atoms with Crippen molar-refractivity contribution in [3.05, 3.63) is 72.1 Å². The second kappa shape index (κ2) is 10.5. The third-order valence-corrected chi connectivity index (χ3v) is 8.86. The van der Waals surface area contributed by atoms with Crippen LogP contribution in [-0.2, 0) is 0 Å². The van der Waals surface area contributed by atoms with E-state index in [1.807, 2.05) is 54.6 Å². The molecule has 2 saturated heterocycles. The first kappa shape index (κ1) is 25.0. The van der Waals surface area contributed by atoms with Gasteiger partial charge in [0, 0.05) is 62.6 Å². The molecule has 1 atom stereocenters. The normalized spacial score (nSPS) is 21.1. The maximum atomic E-state index is 12.7. The predicted molar refractivity (Wildman–Crippen MR) is 155 cm³/mol. The van der Waals surface area contributed by atoms with Crippen LogP contribution in [0.25, 0.3) is 11.3 Å². The van der Waals surface area contributed by atoms with Crippen LogP contribution >= 0.6 is 0 Å². The van der Waals surface area contributed by atoms with Gasteiger partial charge in [-0.15, -0.1) is 0 Å². The average Bonchev–Trinajstić information content (AvgIpc) is 3.33. The number of amides is 1. The number of nitrogens with zero attached hydrogens (tertiary/aromatic N) is 4. The number of carbonyl (C=O) groups excluding carboxylic acids is 1. The van der Waals surface area contributed by atoms with Crippen LogP contribution in [0.1, 0.15) is 35.7 Å². The summed E-state index contributed by atoms with van der Waals surface area (Å²) in [5, 5.41) is 11.8. The highest BCUT2D eigenvalue weighted by molar-refractivity contribution is 6.03. The highest BCUT2D eigenvalue weighted by Gasteiger charge is 2.36. The maximum absolute atomic E-state index is 12.7. The number of nitrogens with one attached hydrogen (secondary N) is 2. The Hall–Kier alpha value is -3.98. The number of anilines is 1. The molecule has 0 bridgehead atoms. The Labute approximate surface area is 235 Å². The van der Waals surface area contributed by atoms with Crippen molar-refractivity contribution < 1.29 is 9.53 Å². The topological polar surface area (TPSA) is 101 Å². The molecule has 40 heavy (non-hydrogen) atoms. The van der Waals surface area contributed by atoms with Crippen LogP contribution in [0.15, 0.2) is 66.5 Å². The molecule has 4 aliphatic rings. The third-order valence-electron chi connectivity index (χ3n) is 8.86. The fourth-order valence-corrected chi connectivity index (χ4v) is 6.55. The summed E-state index contributed by atoms with van der Waals surface area (Å²) in [7, 11) is 0. The zero-order valence-corrected chi connectivity index (χ0v) is 22.8. The number of piperidine rings is 1. The first-order valence-electron chi connectivity index (χ1n) is 14.5. The molecular formula is C31H37N7O2. The summed E-state index contributed by atoms with van der Waals surface area (Å²) in [6.07, 6.45) is 5.60. The van der Waals surface area contributed by atoms with E-state index >= 15 is 0 Å². The van der Waals surface area contributed by atoms with E-state index < -0.39 is 5.91 Å². The zero-order chi connectivity index (χ0) is 27.1. The molecule has 0 aliphatic carbocycles. The van der Waals surface area contributed by atoms with Gasteiger partial charge in [0.25, 0.3) is 5.91 Å². The van der Waals surface area contributed by atoms with E-state index in [-0.39, 0.29) is 6.04 Å². The lowest BCUT2D eigenvalue weighted by Gasteiger charge is -2.45. The van der Waals surface area contributed by atoms with Crippen molar-refractivity contribution in [1.82, 2.24) is 24.9 Å². The first-order chi connectivity index (χ1) is 19.6. The molecule has 5 heterocycles. The van der Waals surface area contributed by atoms with Gasteiger partial charge in [0.2, 0.25) is 0 Å². The maximum Gasteiger partial charge on any atom is 0.254 e. The largest absolute Gasteiger partial charge is 0.457 e. The number of hydrogen-bond acceptors (Lipinski definition) is 7. The molecule has 1 aromatic heterocycles. The van der Waals surface area contributed by atoms with Crippen LogP contribution in [0.4, 0.5) is 5.82 Å². The van der Waals surface area contributed by atoms with Gasteiger partial charge in [-0.2, -0.15) is 5.10 Å². The summed E-state index contributed by atoms with van der Waals surface area (Å²) in [5.74, 6) is 3.14. The Morgan fingerprint density at radius 1 is 1.00 bits per heavy atom. The lowest BCUT2D eigenvalue weighted by molar-refractivity contribution is 0.100. The summed E-state index contributed by atoms with van der Waals surface area (Å²) in [6.45, 7) is 7.54. The van der Waals surface area contributed by atoms with E-state index in [1.54, 1.807) is 0 Å². The quantitative estimate of drug-likeness (QED) is 0.399. The predicted octanol–water partition coefficient (Wildman–Crippen LogP) is 3.89. The standard InChI is InChI=1S/C31H37N7O2/c32-30(39)28-29(23-6-8-26(9-7-23)40-25-4-2-1-3-5-25)35-38-27(10-13-34-31(28)38)22-11-14-37(15-12-22)24-19-36(20-24)18-21-16-33-17-21/h1-9,19,21-22,27,33-34H,10-18,20H2,(H2,32,39)/t27-/m0/s1. The number of aromatic nitrogens is 2. The minimum atomic E-state index is -0.456. The molecule has 4 aliphatic heterocycles. The summed E-state index contributed by atoms with van der Waals surface area (Å²) in [6, 6.07) is 17.7. The lowest BCUT2D eigenvalue weighted by Crippen LogP contribution is -2.51. The van der Waals surface area contributed by atoms with E-state index in [0.717, 1.165) is 87.3 Å². The molecule has 9 nitrogen and oxygen atoms in total. The average molecular weight is 540 g/mol. The highest BCUT2D eigenvalue weighted by atomic mass is 16.5. The van der Waals surface area contributed by atoms with Crippen LogP contribution in [0.5, 0.6) is 11.5 Å². The molecule has 208 valence electrons. The minimum absolute atomic E-state index is 0.254. The van der Waals surface area contributed by atoms with E-state index in [2.05, 4.69) is 31.3 Å². The van der Waals surface area contributed by atoms with Crippen LogP contribution in [0.3, 0.4) is 0 Å². The van der Waals surface area contributed by atoms with Crippen molar-refractivity contribution in [3.8, 4) is 22.8 Å². The number of benzene rings is 2. The molecule has 0 radical (unpaired) electrons. The number of rotatable bonds is 8. The van der Waals surface area contributed by atoms with Crippen LogP contribution in [0.2, 0.25) is 0 Å². The lowest BCUT2D eigenvalue weighted by atomic mass is 9.86. The molecule has 2 fully saturated rings. The van der Waals surface area contributed by atoms with E-state index in [1.165, 1.54) is 12.2 Å². The van der Waals surface area contributed by atoms with Crippen LogP contribution in [-0.4, -0.2) is 71.3 Å². The Bertz CT molecular complexity index is 1390. The van der Waals surface area contributed by atoms with Crippen molar-refractivity contribution in [2.75, 3.05) is 51.1 Å². The molecule has 4 N–H and O–H groups in total. The van der Waals surface area contributed by atoms with Gasteiger partial charge in [-0.3, -0.25) is 4.79 Å². The monoisotopic (exact) mass is 539 g/mol. The Kier molecular flexibility index (Phi) is 6.59. The Morgan fingerprint density at radius 3 is 2.40 bits per heavy atom. The van der Waals surface area contributed by atoms with Crippen molar-refractivity contribution in [2.45, 2.75) is 25.3 Å². The number of hydrogen-bond donors (Lipinski definition) is 3. The van der Waals surface area contributed by atoms with Gasteiger partial charge >= 0.3 is 0 Å². The number of likely N-dealkylation sites (tertiary alicyclic amines) is 1. The van der Waals surface area contributed by atoms with Crippen molar-refractivity contribution in [2.24, 2.45) is 17.6 Å². The van der Waals surface area contributed by atoms with Gasteiger partial charge in [0.05, 0.1) is 12.6 Å². The molecule has 2 aromatic carbocycles. The summed E-state index contributed by atoms with van der Waals surface area (Å²) in [4.78, 5) is 17.7.